The van der Waals surface area contributed by atoms with Crippen LogP contribution in [0.3, 0.4) is 0 Å². The molecule has 1 amide bonds. The fourth-order valence-electron chi connectivity index (χ4n) is 4.74. The maximum atomic E-state index is 14.3. The van der Waals surface area contributed by atoms with Gasteiger partial charge in [0.05, 0.1) is 26.4 Å². The van der Waals surface area contributed by atoms with Gasteiger partial charge in [-0.2, -0.15) is 0 Å². The van der Waals surface area contributed by atoms with Crippen molar-refractivity contribution in [3.63, 3.8) is 0 Å². The number of carbonyl (C=O) groups is 1. The van der Waals surface area contributed by atoms with E-state index in [9.17, 15) is 13.9 Å². The number of hydrogen-bond donors (Lipinski definition) is 1. The van der Waals surface area contributed by atoms with Crippen LogP contribution < -0.4 is 5.32 Å². The maximum Gasteiger partial charge on any atom is 0.350 e. The molecule has 1 aromatic carbocycles. The number of rotatable bonds is 10. The van der Waals surface area contributed by atoms with Crippen LogP contribution in [0.1, 0.15) is 39.7 Å². The summed E-state index contributed by atoms with van der Waals surface area (Å²) >= 11 is 6.26. The van der Waals surface area contributed by atoms with Crippen molar-refractivity contribution in [2.45, 2.75) is 44.6 Å². The summed E-state index contributed by atoms with van der Waals surface area (Å²) in [6.45, 7) is 6.88. The normalized spacial score (nSPS) is 23.0. The predicted molar refractivity (Wildman–Crippen MR) is 123 cm³/mol. The summed E-state index contributed by atoms with van der Waals surface area (Å²) in [6, 6.07) is 5.09. The molecule has 3 rings (SSSR count). The first-order valence-electron chi connectivity index (χ1n) is 10.7. The molecule has 1 saturated heterocycles. The number of likely N-dealkylation sites (N-methyl/N-ethyl adjacent to an activating group) is 1. The molecule has 32 heavy (non-hydrogen) atoms. The Labute approximate surface area is 194 Å². The van der Waals surface area contributed by atoms with E-state index in [-0.39, 0.29) is 45.3 Å². The highest BCUT2D eigenvalue weighted by molar-refractivity contribution is 7.74. The molecule has 1 aromatic rings. The van der Waals surface area contributed by atoms with Crippen molar-refractivity contribution in [1.29, 1.82) is 0 Å². The van der Waals surface area contributed by atoms with Gasteiger partial charge in [0.2, 0.25) is 5.91 Å². The van der Waals surface area contributed by atoms with Crippen LogP contribution >= 0.6 is 26.8 Å². The first kappa shape index (κ1) is 25.9. The van der Waals surface area contributed by atoms with Crippen LogP contribution in [0, 0.1) is 0 Å². The molecule has 0 aromatic heterocycles. The van der Waals surface area contributed by atoms with E-state index in [0.29, 0.717) is 16.3 Å². The minimum Gasteiger partial charge on any atom is -0.324 e. The van der Waals surface area contributed by atoms with Crippen LogP contribution in [0.5, 0.6) is 0 Å². The zero-order chi connectivity index (χ0) is 23.8. The SMILES string of the molecule is CCOP(=O)(OCC)C1(P(=O)(OCC)OCC)CN(C)C2(C1)C(=O)Nc1ccc(Cl)cc12. The Hall–Kier alpha value is -0.760. The Morgan fingerprint density at radius 3 is 1.97 bits per heavy atom. The van der Waals surface area contributed by atoms with Gasteiger partial charge in [-0.25, -0.2) is 0 Å². The molecule has 2 aliphatic rings. The number of fused-ring (bicyclic) bond motifs is 2. The number of hydrogen-bond acceptors (Lipinski definition) is 8. The van der Waals surface area contributed by atoms with Gasteiger partial charge in [-0.3, -0.25) is 18.8 Å². The van der Waals surface area contributed by atoms with Gasteiger partial charge in [-0.05, 0) is 52.9 Å². The number of anilines is 1. The molecule has 1 unspecified atom stereocenters. The minimum atomic E-state index is -4.11. The highest BCUT2D eigenvalue weighted by Gasteiger charge is 2.75. The number of likely N-dealkylation sites (tertiary alicyclic amines) is 1. The Morgan fingerprint density at radius 1 is 1.00 bits per heavy atom. The van der Waals surface area contributed by atoms with Gasteiger partial charge < -0.3 is 23.4 Å². The van der Waals surface area contributed by atoms with Crippen molar-refractivity contribution in [2.75, 3.05) is 45.3 Å². The van der Waals surface area contributed by atoms with Crippen LogP contribution in [0.4, 0.5) is 5.69 Å². The summed E-state index contributed by atoms with van der Waals surface area (Å²) in [6.07, 6.45) is -0.149. The number of benzene rings is 1. The lowest BCUT2D eigenvalue weighted by molar-refractivity contribution is -0.125. The molecule has 1 atom stereocenters. The number of halogens is 1. The third-order valence-electron chi connectivity index (χ3n) is 5.95. The lowest BCUT2D eigenvalue weighted by atomic mass is 9.88. The van der Waals surface area contributed by atoms with Crippen molar-refractivity contribution >= 4 is 38.4 Å². The highest BCUT2D eigenvalue weighted by Crippen LogP contribution is 2.82. The first-order chi connectivity index (χ1) is 15.1. The monoisotopic (exact) mass is 508 g/mol. The van der Waals surface area contributed by atoms with Crippen molar-refractivity contribution in [3.05, 3.63) is 28.8 Å². The van der Waals surface area contributed by atoms with Gasteiger partial charge in [0, 0.05) is 29.2 Å². The molecule has 180 valence electrons. The lowest BCUT2D eigenvalue weighted by Crippen LogP contribution is -2.44. The smallest absolute Gasteiger partial charge is 0.324 e. The summed E-state index contributed by atoms with van der Waals surface area (Å²) in [5.74, 6) is -0.335. The van der Waals surface area contributed by atoms with Gasteiger partial charge in [-0.15, -0.1) is 0 Å². The molecule has 1 spiro atoms. The molecule has 2 heterocycles. The standard InChI is InChI=1S/C20H31ClN2O7P2/c1-6-27-31(25,28-7-2)19(32(26,29-8-3)30-9-4)13-20(23(5)14-19)16-12-15(21)10-11-17(16)22-18(20)24/h10-12H,6-9,13-14H2,1-5H3,(H,22,24). The molecule has 12 heteroatoms. The van der Waals surface area contributed by atoms with Crippen molar-refractivity contribution in [1.82, 2.24) is 4.90 Å². The molecule has 9 nitrogen and oxygen atoms in total. The maximum absolute atomic E-state index is 14.3. The van der Waals surface area contributed by atoms with E-state index in [1.165, 1.54) is 0 Å². The van der Waals surface area contributed by atoms with Gasteiger partial charge in [0.1, 0.15) is 5.54 Å². The van der Waals surface area contributed by atoms with Crippen LogP contribution in [0.2, 0.25) is 5.02 Å². The highest BCUT2D eigenvalue weighted by atomic mass is 35.5. The second-order valence-corrected chi connectivity index (χ2v) is 13.2. The van der Waals surface area contributed by atoms with E-state index in [2.05, 4.69) is 5.32 Å². The molecular formula is C20H31ClN2O7P2. The van der Waals surface area contributed by atoms with Gasteiger partial charge in [-0.1, -0.05) is 11.6 Å². The first-order valence-corrected chi connectivity index (χ1v) is 14.2. The Morgan fingerprint density at radius 2 is 1.50 bits per heavy atom. The van der Waals surface area contributed by atoms with E-state index < -0.39 is 25.6 Å². The van der Waals surface area contributed by atoms with Crippen LogP contribution in [0.15, 0.2) is 18.2 Å². The number of amides is 1. The zero-order valence-corrected chi connectivity index (χ0v) is 21.6. The Bertz CT molecular complexity index is 925. The van der Waals surface area contributed by atoms with E-state index in [4.69, 9.17) is 29.7 Å². The number of nitrogens with zero attached hydrogens (tertiary/aromatic N) is 1. The predicted octanol–water partition coefficient (Wildman–Crippen LogP) is 5.05. The van der Waals surface area contributed by atoms with E-state index >= 15 is 0 Å². The average molecular weight is 509 g/mol. The summed E-state index contributed by atoms with van der Waals surface area (Å²) in [4.78, 5) is 13.4. The Balaban J connectivity index is 2.30. The molecule has 0 aliphatic carbocycles. The number of carbonyl (C=O) groups excluding carboxylic acids is 1. The third kappa shape index (κ3) is 3.71. The largest absolute Gasteiger partial charge is 0.350 e. The lowest BCUT2D eigenvalue weighted by Gasteiger charge is -2.39. The summed E-state index contributed by atoms with van der Waals surface area (Å²) < 4.78 is 51.5. The molecule has 2 aliphatic heterocycles. The fourth-order valence-corrected chi connectivity index (χ4v) is 10.9. The second kappa shape index (κ2) is 9.47. The summed E-state index contributed by atoms with van der Waals surface area (Å²) in [5, 5.41) is 3.32. The van der Waals surface area contributed by atoms with Crippen molar-refractivity contribution in [2.24, 2.45) is 0 Å². The van der Waals surface area contributed by atoms with Gasteiger partial charge in [0.15, 0.2) is 4.90 Å². The van der Waals surface area contributed by atoms with Crippen LogP contribution in [-0.4, -0.2) is 55.7 Å². The minimum absolute atomic E-state index is 0.0581. The molecule has 0 saturated carbocycles. The summed E-state index contributed by atoms with van der Waals surface area (Å²) in [5.41, 5.74) is -0.0978. The second-order valence-electron chi connectivity index (χ2n) is 7.69. The number of nitrogens with one attached hydrogen (secondary N) is 1. The zero-order valence-electron chi connectivity index (χ0n) is 19.1. The van der Waals surface area contributed by atoms with Gasteiger partial charge >= 0.3 is 15.2 Å². The Kier molecular flexibility index (Phi) is 7.65. The van der Waals surface area contributed by atoms with Crippen molar-refractivity contribution < 1.29 is 32.0 Å². The van der Waals surface area contributed by atoms with Crippen LogP contribution in [-0.2, 0) is 37.6 Å². The molecule has 0 radical (unpaired) electrons. The van der Waals surface area contributed by atoms with E-state index in [1.54, 1.807) is 57.8 Å². The quantitative estimate of drug-likeness (QED) is 0.438. The molecular weight excluding hydrogens is 478 g/mol. The topological polar surface area (TPSA) is 103 Å². The van der Waals surface area contributed by atoms with Gasteiger partial charge in [0.25, 0.3) is 0 Å². The van der Waals surface area contributed by atoms with E-state index in [1.807, 2.05) is 0 Å². The molecule has 1 N–H and O–H groups in total. The summed E-state index contributed by atoms with van der Waals surface area (Å²) in [7, 11) is -6.52. The van der Waals surface area contributed by atoms with Crippen molar-refractivity contribution in [3.8, 4) is 0 Å². The van der Waals surface area contributed by atoms with Crippen LogP contribution in [0.25, 0.3) is 0 Å². The average Bonchev–Trinajstić information content (AvgIpc) is 3.20. The molecule has 0 bridgehead atoms. The molecule has 1 fully saturated rings. The van der Waals surface area contributed by atoms with E-state index in [0.717, 1.165) is 0 Å². The third-order valence-corrected chi connectivity index (χ3v) is 12.7. The fraction of sp³-hybridized carbons (Fsp3) is 0.650.